The topological polar surface area (TPSA) is 143 Å². The standard InChI is InChI=1S/C25H24N6O5/c1-17-9-11-29(12-10-17)21-8-7-18(13-22(21)31(34)35)25(33)36-16-23(32)28-24-19(14-26)15-27-30(24)20-5-3-2-4-6-20/h2-8,13,15,17H,9-12,16H2,1H3,(H,28,32). The number of benzene rings is 2. The number of para-hydroxylation sites is 1. The Kier molecular flexibility index (Phi) is 7.25. The largest absolute Gasteiger partial charge is 0.452 e. The molecule has 11 heteroatoms. The van der Waals surface area contributed by atoms with Crippen LogP contribution in [0.15, 0.2) is 54.7 Å². The van der Waals surface area contributed by atoms with Crippen LogP contribution in [-0.4, -0.2) is 46.3 Å². The number of amides is 1. The van der Waals surface area contributed by atoms with Crippen molar-refractivity contribution in [2.24, 2.45) is 5.92 Å². The zero-order valence-electron chi connectivity index (χ0n) is 19.6. The molecule has 1 N–H and O–H groups in total. The molecule has 0 aliphatic carbocycles. The molecule has 2 heterocycles. The van der Waals surface area contributed by atoms with E-state index in [1.165, 1.54) is 23.0 Å². The van der Waals surface area contributed by atoms with Crippen LogP contribution in [0.5, 0.6) is 0 Å². The molecular formula is C25H24N6O5. The fraction of sp³-hybridized carbons (Fsp3) is 0.280. The minimum absolute atomic E-state index is 0.0318. The van der Waals surface area contributed by atoms with Crippen molar-refractivity contribution >= 4 is 29.1 Å². The second-order valence-corrected chi connectivity index (χ2v) is 8.52. The number of carbonyl (C=O) groups excluding carboxylic acids is 2. The number of nitriles is 1. The smallest absolute Gasteiger partial charge is 0.338 e. The lowest BCUT2D eigenvalue weighted by Gasteiger charge is -2.31. The molecule has 1 aromatic heterocycles. The number of esters is 1. The maximum absolute atomic E-state index is 12.6. The predicted molar refractivity (Wildman–Crippen MR) is 131 cm³/mol. The van der Waals surface area contributed by atoms with Gasteiger partial charge in [-0.25, -0.2) is 9.48 Å². The minimum atomic E-state index is -0.871. The molecule has 11 nitrogen and oxygen atoms in total. The summed E-state index contributed by atoms with van der Waals surface area (Å²) in [6.07, 6.45) is 3.19. The second-order valence-electron chi connectivity index (χ2n) is 8.52. The molecule has 0 atom stereocenters. The molecule has 36 heavy (non-hydrogen) atoms. The number of carbonyl (C=O) groups is 2. The summed E-state index contributed by atoms with van der Waals surface area (Å²) in [6, 6.07) is 15.0. The first kappa shape index (κ1) is 24.4. The quantitative estimate of drug-likeness (QED) is 0.301. The highest BCUT2D eigenvalue weighted by Gasteiger charge is 2.25. The molecule has 1 amide bonds. The number of hydrogen-bond donors (Lipinski definition) is 1. The van der Waals surface area contributed by atoms with Gasteiger partial charge >= 0.3 is 5.97 Å². The van der Waals surface area contributed by atoms with E-state index in [4.69, 9.17) is 4.74 Å². The van der Waals surface area contributed by atoms with Crippen LogP contribution in [0.2, 0.25) is 0 Å². The van der Waals surface area contributed by atoms with Crippen molar-refractivity contribution in [3.8, 4) is 11.8 Å². The Labute approximate surface area is 207 Å². The highest BCUT2D eigenvalue weighted by atomic mass is 16.6. The van der Waals surface area contributed by atoms with Gasteiger partial charge in [-0.05, 0) is 43.0 Å². The van der Waals surface area contributed by atoms with Gasteiger partial charge in [0.2, 0.25) is 0 Å². The zero-order valence-corrected chi connectivity index (χ0v) is 19.6. The Bertz CT molecular complexity index is 1320. The van der Waals surface area contributed by atoms with Gasteiger partial charge in [-0.1, -0.05) is 25.1 Å². The number of nitro benzene ring substituents is 1. The summed E-state index contributed by atoms with van der Waals surface area (Å²) < 4.78 is 6.48. The summed E-state index contributed by atoms with van der Waals surface area (Å²) in [5, 5.41) is 27.7. The lowest BCUT2D eigenvalue weighted by Crippen LogP contribution is -2.33. The van der Waals surface area contributed by atoms with E-state index in [0.717, 1.165) is 12.8 Å². The highest BCUT2D eigenvalue weighted by Crippen LogP contribution is 2.32. The number of rotatable bonds is 7. The number of nitrogens with one attached hydrogen (secondary N) is 1. The van der Waals surface area contributed by atoms with Crippen LogP contribution < -0.4 is 10.2 Å². The van der Waals surface area contributed by atoms with Crippen molar-refractivity contribution < 1.29 is 19.2 Å². The van der Waals surface area contributed by atoms with E-state index in [1.807, 2.05) is 17.0 Å². The Morgan fingerprint density at radius 3 is 2.61 bits per heavy atom. The van der Waals surface area contributed by atoms with E-state index >= 15 is 0 Å². The summed E-state index contributed by atoms with van der Waals surface area (Å²) in [7, 11) is 0. The average molecular weight is 489 g/mol. The van der Waals surface area contributed by atoms with Crippen LogP contribution in [0.25, 0.3) is 5.69 Å². The maximum atomic E-state index is 12.6. The number of nitrogens with zero attached hydrogens (tertiary/aromatic N) is 5. The van der Waals surface area contributed by atoms with E-state index in [2.05, 4.69) is 17.3 Å². The first-order valence-corrected chi connectivity index (χ1v) is 11.4. The molecule has 0 bridgehead atoms. The summed E-state index contributed by atoms with van der Waals surface area (Å²) >= 11 is 0. The fourth-order valence-corrected chi connectivity index (χ4v) is 4.01. The van der Waals surface area contributed by atoms with Gasteiger partial charge in [0, 0.05) is 19.2 Å². The third-order valence-electron chi connectivity index (χ3n) is 6.01. The van der Waals surface area contributed by atoms with E-state index in [1.54, 1.807) is 30.3 Å². The molecule has 1 saturated heterocycles. The van der Waals surface area contributed by atoms with Crippen molar-refractivity contribution in [1.29, 1.82) is 5.26 Å². The van der Waals surface area contributed by atoms with E-state index < -0.39 is 23.4 Å². The van der Waals surface area contributed by atoms with Gasteiger partial charge in [0.15, 0.2) is 12.4 Å². The van der Waals surface area contributed by atoms with Crippen molar-refractivity contribution in [3.63, 3.8) is 0 Å². The van der Waals surface area contributed by atoms with E-state index in [9.17, 15) is 25.0 Å². The predicted octanol–water partition coefficient (Wildman–Crippen LogP) is 3.68. The van der Waals surface area contributed by atoms with Gasteiger partial charge in [-0.3, -0.25) is 14.9 Å². The summed E-state index contributed by atoms with van der Waals surface area (Å²) in [5.74, 6) is -0.855. The van der Waals surface area contributed by atoms with E-state index in [0.29, 0.717) is 30.4 Å². The molecule has 0 radical (unpaired) electrons. The van der Waals surface area contributed by atoms with Gasteiger partial charge < -0.3 is 15.0 Å². The Balaban J connectivity index is 1.44. The first-order valence-electron chi connectivity index (χ1n) is 11.4. The monoisotopic (exact) mass is 488 g/mol. The SMILES string of the molecule is CC1CCN(c2ccc(C(=O)OCC(=O)Nc3c(C#N)cnn3-c3ccccc3)cc2[N+](=O)[O-])CC1. The summed E-state index contributed by atoms with van der Waals surface area (Å²) in [5.41, 5.74) is 1.00. The van der Waals surface area contributed by atoms with Crippen molar-refractivity contribution in [2.45, 2.75) is 19.8 Å². The first-order chi connectivity index (χ1) is 17.4. The van der Waals surface area contributed by atoms with Gasteiger partial charge in [0.25, 0.3) is 11.6 Å². The lowest BCUT2D eigenvalue weighted by molar-refractivity contribution is -0.384. The third-order valence-corrected chi connectivity index (χ3v) is 6.01. The molecule has 1 aliphatic rings. The molecule has 3 aromatic rings. The molecular weight excluding hydrogens is 464 g/mol. The summed E-state index contributed by atoms with van der Waals surface area (Å²) in [4.78, 5) is 38.2. The zero-order chi connectivity index (χ0) is 25.7. The molecule has 0 saturated carbocycles. The van der Waals surface area contributed by atoms with Gasteiger partial charge in [0.05, 0.1) is 22.4 Å². The molecule has 184 valence electrons. The van der Waals surface area contributed by atoms with Gasteiger partial charge in [-0.15, -0.1) is 0 Å². The third kappa shape index (κ3) is 5.33. The number of nitro groups is 1. The van der Waals surface area contributed by atoms with Crippen LogP contribution in [0.4, 0.5) is 17.2 Å². The van der Waals surface area contributed by atoms with Crippen LogP contribution in [-0.2, 0) is 9.53 Å². The highest BCUT2D eigenvalue weighted by molar-refractivity contribution is 5.96. The molecule has 1 aliphatic heterocycles. The summed E-state index contributed by atoms with van der Waals surface area (Å²) in [6.45, 7) is 2.91. The second kappa shape index (κ2) is 10.7. The van der Waals surface area contributed by atoms with Crippen LogP contribution in [0, 0.1) is 27.4 Å². The maximum Gasteiger partial charge on any atom is 0.338 e. The molecule has 0 spiro atoms. The lowest BCUT2D eigenvalue weighted by atomic mass is 9.98. The number of anilines is 2. The molecule has 0 unspecified atom stereocenters. The molecule has 2 aromatic carbocycles. The normalized spacial score (nSPS) is 13.6. The van der Waals surface area contributed by atoms with Gasteiger partial charge in [-0.2, -0.15) is 10.4 Å². The Hall–Kier alpha value is -4.72. The van der Waals surface area contributed by atoms with Crippen molar-refractivity contribution in [2.75, 3.05) is 29.9 Å². The minimum Gasteiger partial charge on any atom is -0.452 e. The number of hydrogen-bond acceptors (Lipinski definition) is 8. The number of ether oxygens (including phenoxy) is 1. The Morgan fingerprint density at radius 2 is 1.94 bits per heavy atom. The van der Waals surface area contributed by atoms with Crippen molar-refractivity contribution in [1.82, 2.24) is 9.78 Å². The number of piperidine rings is 1. The van der Waals surface area contributed by atoms with Gasteiger partial charge in [0.1, 0.15) is 17.3 Å². The van der Waals surface area contributed by atoms with Crippen LogP contribution in [0.1, 0.15) is 35.7 Å². The molecule has 4 rings (SSSR count). The fourth-order valence-electron chi connectivity index (χ4n) is 4.01. The number of aromatic nitrogens is 2. The average Bonchev–Trinajstić information content (AvgIpc) is 3.30. The van der Waals surface area contributed by atoms with Crippen LogP contribution >= 0.6 is 0 Å². The Morgan fingerprint density at radius 1 is 1.22 bits per heavy atom. The molecule has 1 fully saturated rings. The van der Waals surface area contributed by atoms with Crippen LogP contribution in [0.3, 0.4) is 0 Å². The van der Waals surface area contributed by atoms with E-state index in [-0.39, 0.29) is 22.6 Å². The van der Waals surface area contributed by atoms with Crippen molar-refractivity contribution in [3.05, 3.63) is 76.0 Å².